The Bertz CT molecular complexity index is 804. The van der Waals surface area contributed by atoms with Crippen LogP contribution in [0.25, 0.3) is 0 Å². The summed E-state index contributed by atoms with van der Waals surface area (Å²) in [5.74, 6) is 1.09. The molecule has 0 spiro atoms. The van der Waals surface area contributed by atoms with Crippen molar-refractivity contribution in [3.05, 3.63) is 89.9 Å². The molecule has 120 valence electrons. The fourth-order valence-corrected chi connectivity index (χ4v) is 2.03. The molecule has 1 N–H and O–H groups in total. The molecule has 1 aromatic heterocycles. The SMILES string of the molecule is Fc1ccccc1COc1ccc(C=NNc2ccccn2)cc1. The highest BCUT2D eigenvalue weighted by Gasteiger charge is 2.01. The monoisotopic (exact) mass is 321 g/mol. The van der Waals surface area contributed by atoms with Crippen LogP contribution in [-0.2, 0) is 6.61 Å². The van der Waals surface area contributed by atoms with E-state index >= 15 is 0 Å². The van der Waals surface area contributed by atoms with Crippen LogP contribution in [0.5, 0.6) is 5.75 Å². The van der Waals surface area contributed by atoms with Crippen molar-refractivity contribution in [3.63, 3.8) is 0 Å². The van der Waals surface area contributed by atoms with Gasteiger partial charge in [0.2, 0.25) is 0 Å². The number of nitrogens with zero attached hydrogens (tertiary/aromatic N) is 2. The van der Waals surface area contributed by atoms with Crippen molar-refractivity contribution in [2.45, 2.75) is 6.61 Å². The van der Waals surface area contributed by atoms with Gasteiger partial charge in [0.1, 0.15) is 24.0 Å². The van der Waals surface area contributed by atoms with Crippen LogP contribution in [0.3, 0.4) is 0 Å². The van der Waals surface area contributed by atoms with Gasteiger partial charge in [0, 0.05) is 11.8 Å². The third kappa shape index (κ3) is 4.39. The molecule has 3 aromatic rings. The van der Waals surface area contributed by atoms with Crippen LogP contribution in [-0.4, -0.2) is 11.2 Å². The van der Waals surface area contributed by atoms with E-state index in [0.29, 0.717) is 17.1 Å². The molecule has 1 heterocycles. The van der Waals surface area contributed by atoms with Crippen LogP contribution in [0.1, 0.15) is 11.1 Å². The summed E-state index contributed by atoms with van der Waals surface area (Å²) in [6, 6.07) is 19.5. The average molecular weight is 321 g/mol. The van der Waals surface area contributed by atoms with E-state index in [4.69, 9.17) is 4.74 Å². The number of rotatable bonds is 6. The van der Waals surface area contributed by atoms with Gasteiger partial charge in [-0.1, -0.05) is 24.3 Å². The Morgan fingerprint density at radius 2 is 1.79 bits per heavy atom. The summed E-state index contributed by atoms with van der Waals surface area (Å²) < 4.78 is 19.1. The molecule has 0 fully saturated rings. The molecule has 0 bridgehead atoms. The normalized spacial score (nSPS) is 10.7. The Labute approximate surface area is 139 Å². The lowest BCUT2D eigenvalue weighted by molar-refractivity contribution is 0.300. The van der Waals surface area contributed by atoms with E-state index in [1.807, 2.05) is 42.5 Å². The van der Waals surface area contributed by atoms with Crippen LogP contribution in [0.2, 0.25) is 0 Å². The molecule has 3 rings (SSSR count). The quantitative estimate of drug-likeness (QED) is 0.545. The number of hydrogen-bond donors (Lipinski definition) is 1. The number of halogens is 1. The van der Waals surface area contributed by atoms with Crippen molar-refractivity contribution in [2.75, 3.05) is 5.43 Å². The first kappa shape index (κ1) is 15.7. The Hall–Kier alpha value is -3.21. The Kier molecular flexibility index (Phi) is 5.14. The van der Waals surface area contributed by atoms with Crippen molar-refractivity contribution < 1.29 is 9.13 Å². The third-order valence-corrected chi connectivity index (χ3v) is 3.29. The first-order chi connectivity index (χ1) is 11.8. The largest absolute Gasteiger partial charge is 0.489 e. The molecule has 2 aromatic carbocycles. The van der Waals surface area contributed by atoms with Gasteiger partial charge in [-0.25, -0.2) is 9.37 Å². The number of anilines is 1. The minimum Gasteiger partial charge on any atom is -0.489 e. The minimum absolute atomic E-state index is 0.196. The highest BCUT2D eigenvalue weighted by Crippen LogP contribution is 2.15. The molecule has 0 saturated carbocycles. The van der Waals surface area contributed by atoms with E-state index in [9.17, 15) is 4.39 Å². The summed E-state index contributed by atoms with van der Waals surface area (Å²) in [7, 11) is 0. The minimum atomic E-state index is -0.262. The summed E-state index contributed by atoms with van der Waals surface area (Å²) in [5, 5.41) is 4.12. The van der Waals surface area contributed by atoms with Crippen LogP contribution in [0.15, 0.2) is 78.0 Å². The summed E-state index contributed by atoms with van der Waals surface area (Å²) in [6.07, 6.45) is 3.38. The second-order valence-electron chi connectivity index (χ2n) is 5.03. The number of ether oxygens (including phenoxy) is 1. The van der Waals surface area contributed by atoms with Crippen LogP contribution in [0.4, 0.5) is 10.2 Å². The molecule has 5 heteroatoms. The van der Waals surface area contributed by atoms with Gasteiger partial charge in [-0.05, 0) is 48.0 Å². The molecule has 24 heavy (non-hydrogen) atoms. The Balaban J connectivity index is 1.54. The molecule has 0 aliphatic heterocycles. The highest BCUT2D eigenvalue weighted by molar-refractivity contribution is 5.80. The maximum Gasteiger partial charge on any atom is 0.146 e. The fourth-order valence-electron chi connectivity index (χ4n) is 2.03. The lowest BCUT2D eigenvalue weighted by Crippen LogP contribution is -1.98. The van der Waals surface area contributed by atoms with Crippen molar-refractivity contribution in [3.8, 4) is 5.75 Å². The molecular weight excluding hydrogens is 305 g/mol. The molecule has 4 nitrogen and oxygen atoms in total. The van der Waals surface area contributed by atoms with Gasteiger partial charge in [0.05, 0.1) is 6.21 Å². The van der Waals surface area contributed by atoms with Crippen molar-refractivity contribution in [1.82, 2.24) is 4.98 Å². The highest BCUT2D eigenvalue weighted by atomic mass is 19.1. The van der Waals surface area contributed by atoms with Crippen molar-refractivity contribution in [2.24, 2.45) is 5.10 Å². The van der Waals surface area contributed by atoms with Crippen molar-refractivity contribution >= 4 is 12.0 Å². The molecule has 0 radical (unpaired) electrons. The molecule has 0 amide bonds. The van der Waals surface area contributed by atoms with E-state index in [2.05, 4.69) is 15.5 Å². The van der Waals surface area contributed by atoms with Gasteiger partial charge in [0.15, 0.2) is 0 Å². The van der Waals surface area contributed by atoms with Gasteiger partial charge < -0.3 is 4.74 Å². The lowest BCUT2D eigenvalue weighted by Gasteiger charge is -2.07. The zero-order valence-corrected chi connectivity index (χ0v) is 12.9. The number of hydrogen-bond acceptors (Lipinski definition) is 4. The van der Waals surface area contributed by atoms with Crippen LogP contribution >= 0.6 is 0 Å². The topological polar surface area (TPSA) is 46.5 Å². The van der Waals surface area contributed by atoms with Gasteiger partial charge in [0.25, 0.3) is 0 Å². The van der Waals surface area contributed by atoms with Crippen molar-refractivity contribution in [1.29, 1.82) is 0 Å². The first-order valence-electron chi connectivity index (χ1n) is 7.48. The number of benzene rings is 2. The zero-order chi connectivity index (χ0) is 16.6. The van der Waals surface area contributed by atoms with E-state index in [1.165, 1.54) is 6.07 Å². The Morgan fingerprint density at radius 1 is 1.00 bits per heavy atom. The molecular formula is C19H16FN3O. The van der Waals surface area contributed by atoms with Gasteiger partial charge in [-0.2, -0.15) is 5.10 Å². The average Bonchev–Trinajstić information content (AvgIpc) is 2.63. The van der Waals surface area contributed by atoms with Crippen LogP contribution < -0.4 is 10.2 Å². The van der Waals surface area contributed by atoms with E-state index in [-0.39, 0.29) is 12.4 Å². The zero-order valence-electron chi connectivity index (χ0n) is 12.9. The molecule has 0 unspecified atom stereocenters. The summed E-state index contributed by atoms with van der Waals surface area (Å²) >= 11 is 0. The van der Waals surface area contributed by atoms with Gasteiger partial charge in [-0.3, -0.25) is 5.43 Å². The number of aromatic nitrogens is 1. The summed E-state index contributed by atoms with van der Waals surface area (Å²) in [4.78, 5) is 4.11. The molecule has 0 atom stereocenters. The second kappa shape index (κ2) is 7.87. The number of pyridine rings is 1. The van der Waals surface area contributed by atoms with E-state index < -0.39 is 0 Å². The molecule has 0 aliphatic rings. The van der Waals surface area contributed by atoms with Gasteiger partial charge >= 0.3 is 0 Å². The molecule has 0 saturated heterocycles. The first-order valence-corrected chi connectivity index (χ1v) is 7.48. The van der Waals surface area contributed by atoms with E-state index in [0.717, 1.165) is 5.56 Å². The fraction of sp³-hybridized carbons (Fsp3) is 0.0526. The predicted molar refractivity (Wildman–Crippen MR) is 92.6 cm³/mol. The maximum absolute atomic E-state index is 13.5. The number of hydrazone groups is 1. The van der Waals surface area contributed by atoms with Crippen LogP contribution in [0, 0.1) is 5.82 Å². The maximum atomic E-state index is 13.5. The Morgan fingerprint density at radius 3 is 2.54 bits per heavy atom. The third-order valence-electron chi connectivity index (χ3n) is 3.29. The second-order valence-corrected chi connectivity index (χ2v) is 5.03. The van der Waals surface area contributed by atoms with E-state index in [1.54, 1.807) is 30.6 Å². The smallest absolute Gasteiger partial charge is 0.146 e. The lowest BCUT2D eigenvalue weighted by atomic mass is 10.2. The summed E-state index contributed by atoms with van der Waals surface area (Å²) in [5.41, 5.74) is 4.29. The summed E-state index contributed by atoms with van der Waals surface area (Å²) in [6.45, 7) is 0.196. The molecule has 0 aliphatic carbocycles. The number of nitrogens with one attached hydrogen (secondary N) is 1. The van der Waals surface area contributed by atoms with Gasteiger partial charge in [-0.15, -0.1) is 0 Å². The standard InChI is InChI=1S/C19H16FN3O/c20-18-6-2-1-5-16(18)14-24-17-10-8-15(9-11-17)13-22-23-19-7-3-4-12-21-19/h1-13H,14H2,(H,21,23). The predicted octanol–water partition coefficient (Wildman–Crippen LogP) is 4.25.